The summed E-state index contributed by atoms with van der Waals surface area (Å²) in [4.78, 5) is 14.9. The van der Waals surface area contributed by atoms with Crippen LogP contribution in [0.1, 0.15) is 37.6 Å². The zero-order chi connectivity index (χ0) is 14.4. The van der Waals surface area contributed by atoms with E-state index in [0.717, 1.165) is 12.8 Å². The predicted octanol–water partition coefficient (Wildman–Crippen LogP) is 0.537. The van der Waals surface area contributed by atoms with Crippen LogP contribution in [-0.4, -0.2) is 42.0 Å². The summed E-state index contributed by atoms with van der Waals surface area (Å²) >= 11 is 0. The van der Waals surface area contributed by atoms with E-state index in [1.54, 1.807) is 0 Å². The van der Waals surface area contributed by atoms with Gasteiger partial charge in [-0.15, -0.1) is 0 Å². The number of carbonyl (C=O) groups is 1. The third-order valence-corrected chi connectivity index (χ3v) is 3.05. The molecule has 0 bridgehead atoms. The maximum Gasteiger partial charge on any atom is 0.312 e. The van der Waals surface area contributed by atoms with Crippen molar-refractivity contribution in [3.63, 3.8) is 0 Å². The van der Waals surface area contributed by atoms with E-state index >= 15 is 0 Å². The summed E-state index contributed by atoms with van der Waals surface area (Å²) in [7, 11) is 0. The number of ether oxygens (including phenoxy) is 2. The molecule has 3 N–H and O–H groups in total. The maximum atomic E-state index is 10.6. The quantitative estimate of drug-likeness (QED) is 0.706. The van der Waals surface area contributed by atoms with E-state index < -0.39 is 6.03 Å². The summed E-state index contributed by atoms with van der Waals surface area (Å²) in [5.41, 5.74) is 5.02. The summed E-state index contributed by atoms with van der Waals surface area (Å²) < 4.78 is 16.1. The number of hydrogen-bond donors (Lipinski definition) is 2. The Labute approximate surface area is 117 Å². The first-order chi connectivity index (χ1) is 9.69. The van der Waals surface area contributed by atoms with E-state index in [1.165, 1.54) is 0 Å². The minimum absolute atomic E-state index is 0.0575. The first-order valence-electron chi connectivity index (χ1n) is 6.78. The van der Waals surface area contributed by atoms with Crippen molar-refractivity contribution in [2.45, 2.75) is 38.4 Å². The van der Waals surface area contributed by atoms with Crippen LogP contribution < -0.4 is 11.1 Å². The van der Waals surface area contributed by atoms with Crippen molar-refractivity contribution < 1.29 is 18.8 Å². The zero-order valence-corrected chi connectivity index (χ0v) is 11.5. The summed E-state index contributed by atoms with van der Waals surface area (Å²) in [5.74, 6) is 1.11. The predicted molar refractivity (Wildman–Crippen MR) is 68.9 cm³/mol. The van der Waals surface area contributed by atoms with Crippen LogP contribution in [0.25, 0.3) is 0 Å². The number of aromatic nitrogens is 2. The monoisotopic (exact) mass is 284 g/mol. The van der Waals surface area contributed by atoms with E-state index in [-0.39, 0.29) is 12.2 Å². The number of nitrogens with one attached hydrogen (secondary N) is 1. The molecule has 1 aliphatic rings. The van der Waals surface area contributed by atoms with E-state index in [0.29, 0.717) is 37.9 Å². The number of amides is 2. The topological polar surface area (TPSA) is 113 Å². The van der Waals surface area contributed by atoms with Crippen LogP contribution in [0.2, 0.25) is 0 Å². The van der Waals surface area contributed by atoms with Crippen LogP contribution in [0.15, 0.2) is 4.52 Å². The van der Waals surface area contributed by atoms with Gasteiger partial charge in [-0.05, 0) is 19.8 Å². The van der Waals surface area contributed by atoms with Crippen LogP contribution >= 0.6 is 0 Å². The number of nitrogens with two attached hydrogens (primary N) is 1. The second-order valence-corrected chi connectivity index (χ2v) is 4.56. The van der Waals surface area contributed by atoms with Crippen LogP contribution in [0.4, 0.5) is 4.79 Å². The Hall–Kier alpha value is -1.67. The first kappa shape index (κ1) is 14.7. The SMILES string of the molecule is CCOCCc1nc(C2CCC(CNC(N)=O)O2)no1. The third-order valence-electron chi connectivity index (χ3n) is 3.05. The molecule has 1 aliphatic heterocycles. The number of nitrogens with zero attached hydrogens (tertiary/aromatic N) is 2. The second-order valence-electron chi connectivity index (χ2n) is 4.56. The Morgan fingerprint density at radius 3 is 3.15 bits per heavy atom. The van der Waals surface area contributed by atoms with Gasteiger partial charge in [-0.3, -0.25) is 0 Å². The molecule has 112 valence electrons. The van der Waals surface area contributed by atoms with Crippen molar-refractivity contribution in [1.82, 2.24) is 15.5 Å². The van der Waals surface area contributed by atoms with Gasteiger partial charge in [0, 0.05) is 13.2 Å². The fourth-order valence-electron chi connectivity index (χ4n) is 2.06. The van der Waals surface area contributed by atoms with Crippen molar-refractivity contribution >= 4 is 6.03 Å². The lowest BCUT2D eigenvalue weighted by atomic mass is 10.2. The molecule has 0 saturated carbocycles. The first-order valence-corrected chi connectivity index (χ1v) is 6.78. The van der Waals surface area contributed by atoms with Gasteiger partial charge in [-0.25, -0.2) is 4.79 Å². The molecule has 0 radical (unpaired) electrons. The Morgan fingerprint density at radius 1 is 1.55 bits per heavy atom. The average Bonchev–Trinajstić information content (AvgIpc) is 3.05. The molecule has 2 unspecified atom stereocenters. The Balaban J connectivity index is 1.79. The molecule has 8 nitrogen and oxygen atoms in total. The number of primary amides is 1. The molecule has 1 saturated heterocycles. The Morgan fingerprint density at radius 2 is 2.40 bits per heavy atom. The van der Waals surface area contributed by atoms with Crippen LogP contribution in [0, 0.1) is 0 Å². The highest BCUT2D eigenvalue weighted by Crippen LogP contribution is 2.30. The molecule has 2 heterocycles. The number of urea groups is 1. The molecule has 8 heteroatoms. The normalized spacial score (nSPS) is 22.1. The minimum Gasteiger partial charge on any atom is -0.381 e. The smallest absolute Gasteiger partial charge is 0.312 e. The Bertz CT molecular complexity index is 437. The molecular formula is C12H20N4O4. The molecule has 0 aliphatic carbocycles. The van der Waals surface area contributed by atoms with Crippen LogP contribution in [0.3, 0.4) is 0 Å². The lowest BCUT2D eigenvalue weighted by Gasteiger charge is -2.11. The van der Waals surface area contributed by atoms with Gasteiger partial charge in [0.15, 0.2) is 0 Å². The van der Waals surface area contributed by atoms with Crippen molar-refractivity contribution in [1.29, 1.82) is 0 Å². The fourth-order valence-corrected chi connectivity index (χ4v) is 2.06. The molecule has 0 spiro atoms. The molecule has 1 aromatic rings. The molecule has 1 fully saturated rings. The average molecular weight is 284 g/mol. The van der Waals surface area contributed by atoms with Gasteiger partial charge in [0.25, 0.3) is 0 Å². The van der Waals surface area contributed by atoms with E-state index in [4.69, 9.17) is 19.7 Å². The van der Waals surface area contributed by atoms with Crippen molar-refractivity contribution in [3.8, 4) is 0 Å². The van der Waals surface area contributed by atoms with Gasteiger partial charge in [-0.2, -0.15) is 4.98 Å². The molecule has 2 amide bonds. The molecule has 2 atom stereocenters. The highest BCUT2D eigenvalue weighted by Gasteiger charge is 2.30. The van der Waals surface area contributed by atoms with Gasteiger partial charge in [-0.1, -0.05) is 5.16 Å². The van der Waals surface area contributed by atoms with Crippen molar-refractivity contribution in [3.05, 3.63) is 11.7 Å². The van der Waals surface area contributed by atoms with Crippen molar-refractivity contribution in [2.24, 2.45) is 5.73 Å². The number of rotatable bonds is 7. The number of hydrogen-bond acceptors (Lipinski definition) is 6. The molecule has 0 aromatic carbocycles. The second kappa shape index (κ2) is 7.20. The largest absolute Gasteiger partial charge is 0.381 e. The molecule has 1 aromatic heterocycles. The standard InChI is InChI=1S/C12H20N4O4/c1-2-18-6-5-10-15-11(16-20-10)9-4-3-8(19-9)7-14-12(13)17/h8-9H,2-7H2,1H3,(H3,13,14,17). The maximum absolute atomic E-state index is 10.6. The summed E-state index contributed by atoms with van der Waals surface area (Å²) in [6, 6.07) is -0.546. The van der Waals surface area contributed by atoms with Gasteiger partial charge in [0.2, 0.25) is 11.7 Å². The molecule has 2 rings (SSSR count). The minimum atomic E-state index is -0.546. The van der Waals surface area contributed by atoms with Gasteiger partial charge < -0.3 is 25.0 Å². The van der Waals surface area contributed by atoms with Crippen LogP contribution in [0.5, 0.6) is 0 Å². The zero-order valence-electron chi connectivity index (χ0n) is 11.5. The van der Waals surface area contributed by atoms with Gasteiger partial charge in [0.05, 0.1) is 19.1 Å². The third kappa shape index (κ3) is 4.17. The highest BCUT2D eigenvalue weighted by molar-refractivity contribution is 5.71. The molecular weight excluding hydrogens is 264 g/mol. The molecule has 20 heavy (non-hydrogen) atoms. The van der Waals surface area contributed by atoms with Gasteiger partial charge >= 0.3 is 6.03 Å². The summed E-state index contributed by atoms with van der Waals surface area (Å²) in [6.07, 6.45) is 1.99. The van der Waals surface area contributed by atoms with E-state index in [1.807, 2.05) is 6.92 Å². The van der Waals surface area contributed by atoms with E-state index in [2.05, 4.69) is 15.5 Å². The lowest BCUT2D eigenvalue weighted by molar-refractivity contribution is 0.0402. The van der Waals surface area contributed by atoms with Crippen molar-refractivity contribution in [2.75, 3.05) is 19.8 Å². The van der Waals surface area contributed by atoms with Gasteiger partial charge in [0.1, 0.15) is 6.10 Å². The van der Waals surface area contributed by atoms with E-state index in [9.17, 15) is 4.79 Å². The lowest BCUT2D eigenvalue weighted by Crippen LogP contribution is -2.35. The number of carbonyl (C=O) groups excluding carboxylic acids is 1. The highest BCUT2D eigenvalue weighted by atomic mass is 16.5. The van der Waals surface area contributed by atoms with Crippen LogP contribution in [-0.2, 0) is 15.9 Å². The fraction of sp³-hybridized carbons (Fsp3) is 0.750. The summed E-state index contributed by atoms with van der Waals surface area (Å²) in [5, 5.41) is 6.46. The summed E-state index contributed by atoms with van der Waals surface area (Å²) in [6.45, 7) is 3.57. The Kier molecular flexibility index (Phi) is 5.31.